The molecule has 0 aliphatic carbocycles. The fourth-order valence-electron chi connectivity index (χ4n) is 2.95. The highest BCUT2D eigenvalue weighted by atomic mass is 32.2. The molecule has 1 aromatic heterocycles. The lowest BCUT2D eigenvalue weighted by atomic mass is 10.2. The van der Waals surface area contributed by atoms with E-state index in [1.54, 1.807) is 19.1 Å². The molecule has 4 atom stereocenters. The number of nitrogens with zero attached hydrogens (tertiary/aromatic N) is 1. The average molecular weight is 396 g/mol. The van der Waals surface area contributed by atoms with E-state index < -0.39 is 45.0 Å². The van der Waals surface area contributed by atoms with E-state index in [0.717, 1.165) is 10.1 Å². The predicted octanol–water partition coefficient (Wildman–Crippen LogP) is -0.406. The van der Waals surface area contributed by atoms with Crippen molar-refractivity contribution in [1.82, 2.24) is 9.55 Å². The summed E-state index contributed by atoms with van der Waals surface area (Å²) in [5.74, 6) is 0. The van der Waals surface area contributed by atoms with Crippen molar-refractivity contribution in [3.8, 4) is 0 Å². The highest BCUT2D eigenvalue weighted by Gasteiger charge is 2.45. The number of aliphatic hydroxyl groups excluding tert-OH is 2. The molecule has 10 heteroatoms. The summed E-state index contributed by atoms with van der Waals surface area (Å²) in [6.45, 7) is 3.29. The van der Waals surface area contributed by atoms with Crippen LogP contribution in [0.15, 0.2) is 44.9 Å². The quantitative estimate of drug-likeness (QED) is 0.639. The van der Waals surface area contributed by atoms with Gasteiger partial charge in [0.1, 0.15) is 12.3 Å². The van der Waals surface area contributed by atoms with Crippen LogP contribution in [0.2, 0.25) is 0 Å². The third-order valence-electron chi connectivity index (χ3n) is 4.54. The maximum Gasteiger partial charge on any atom is 0.330 e. The molecule has 0 spiro atoms. The number of ether oxygens (including phenoxy) is 1. The molecule has 0 radical (unpaired) electrons. The summed E-state index contributed by atoms with van der Waals surface area (Å²) in [5, 5.41) is 20.6. The highest BCUT2D eigenvalue weighted by Crippen LogP contribution is 2.32. The van der Waals surface area contributed by atoms with Gasteiger partial charge in [-0.3, -0.25) is 14.3 Å². The Kier molecular flexibility index (Phi) is 5.08. The third-order valence-corrected chi connectivity index (χ3v) is 6.37. The molecule has 0 bridgehead atoms. The summed E-state index contributed by atoms with van der Waals surface area (Å²) >= 11 is 0. The van der Waals surface area contributed by atoms with Crippen LogP contribution in [-0.2, 0) is 14.6 Å². The second-order valence-electron chi connectivity index (χ2n) is 6.59. The molecule has 1 saturated heterocycles. The first-order chi connectivity index (χ1) is 12.6. The van der Waals surface area contributed by atoms with Gasteiger partial charge in [-0.1, -0.05) is 17.7 Å². The first kappa shape index (κ1) is 19.5. The summed E-state index contributed by atoms with van der Waals surface area (Å²) in [7, 11) is -4.18. The molecule has 9 nitrogen and oxygen atoms in total. The molecule has 3 N–H and O–H groups in total. The van der Waals surface area contributed by atoms with E-state index >= 15 is 0 Å². The van der Waals surface area contributed by atoms with Crippen LogP contribution in [0.25, 0.3) is 0 Å². The van der Waals surface area contributed by atoms with Crippen LogP contribution >= 0.6 is 0 Å². The molecule has 2 heterocycles. The van der Waals surface area contributed by atoms with Crippen molar-refractivity contribution in [2.75, 3.05) is 0 Å². The Labute approximate surface area is 154 Å². The van der Waals surface area contributed by atoms with Crippen LogP contribution in [0, 0.1) is 13.8 Å². The van der Waals surface area contributed by atoms with Gasteiger partial charge in [0.25, 0.3) is 5.56 Å². The van der Waals surface area contributed by atoms with Gasteiger partial charge in [0, 0.05) is 18.2 Å². The van der Waals surface area contributed by atoms with Gasteiger partial charge < -0.3 is 14.9 Å². The first-order valence-electron chi connectivity index (χ1n) is 8.25. The number of hydrogen-bond acceptors (Lipinski definition) is 7. The number of aliphatic hydroxyl groups is 2. The minimum Gasteiger partial charge on any atom is -0.390 e. The van der Waals surface area contributed by atoms with Gasteiger partial charge in [-0.25, -0.2) is 13.2 Å². The minimum absolute atomic E-state index is 0.100. The van der Waals surface area contributed by atoms with Gasteiger partial charge in [-0.15, -0.1) is 0 Å². The standard InChI is InChI=1S/C17H20N2O7S/c1-9-3-5-11(6-4-9)27(24,25)16(22)14-12(20)7-13(26-14)19-8-10(2)15(21)18-17(19)23/h3-6,8,12-14,16,20,22H,7H2,1-2H3,(H,18,21,23). The largest absolute Gasteiger partial charge is 0.390 e. The fraction of sp³-hybridized carbons (Fsp3) is 0.412. The Hall–Kier alpha value is -2.27. The zero-order chi connectivity index (χ0) is 19.9. The number of sulfone groups is 1. The molecule has 0 saturated carbocycles. The van der Waals surface area contributed by atoms with Crippen molar-refractivity contribution in [1.29, 1.82) is 0 Å². The van der Waals surface area contributed by atoms with Gasteiger partial charge in [0.05, 0.1) is 11.0 Å². The predicted molar refractivity (Wildman–Crippen MR) is 95.0 cm³/mol. The van der Waals surface area contributed by atoms with E-state index in [0.29, 0.717) is 0 Å². The summed E-state index contributed by atoms with van der Waals surface area (Å²) in [6, 6.07) is 5.92. The molecule has 1 fully saturated rings. The van der Waals surface area contributed by atoms with Crippen LogP contribution in [0.4, 0.5) is 0 Å². The average Bonchev–Trinajstić information content (AvgIpc) is 2.99. The zero-order valence-corrected chi connectivity index (χ0v) is 15.5. The normalized spacial score (nSPS) is 24.1. The molecular weight excluding hydrogens is 376 g/mol. The number of aryl methyl sites for hydroxylation is 2. The Bertz CT molecular complexity index is 1060. The van der Waals surface area contributed by atoms with Crippen LogP contribution in [-0.4, -0.2) is 45.8 Å². The highest BCUT2D eigenvalue weighted by molar-refractivity contribution is 7.92. The number of hydrogen-bond donors (Lipinski definition) is 3. The van der Waals surface area contributed by atoms with Crippen LogP contribution in [0.3, 0.4) is 0 Å². The molecule has 146 valence electrons. The van der Waals surface area contributed by atoms with E-state index in [1.807, 2.05) is 0 Å². The van der Waals surface area contributed by atoms with E-state index in [-0.39, 0.29) is 16.9 Å². The number of nitrogens with one attached hydrogen (secondary N) is 1. The first-order valence-corrected chi connectivity index (χ1v) is 9.80. The van der Waals surface area contributed by atoms with Crippen molar-refractivity contribution in [2.45, 2.75) is 49.0 Å². The van der Waals surface area contributed by atoms with E-state index in [1.165, 1.54) is 25.3 Å². The lowest BCUT2D eigenvalue weighted by Crippen LogP contribution is -2.40. The Morgan fingerprint density at radius 1 is 1.22 bits per heavy atom. The molecular formula is C17H20N2O7S. The molecule has 4 unspecified atom stereocenters. The molecule has 1 aromatic carbocycles. The van der Waals surface area contributed by atoms with Gasteiger partial charge in [0.2, 0.25) is 9.84 Å². The SMILES string of the molecule is Cc1ccc(S(=O)(=O)C(O)C2OC(n3cc(C)c(=O)[nH]c3=O)CC2O)cc1. The maximum atomic E-state index is 12.6. The van der Waals surface area contributed by atoms with Gasteiger partial charge in [-0.05, 0) is 26.0 Å². The minimum atomic E-state index is -4.18. The van der Waals surface area contributed by atoms with Crippen molar-refractivity contribution in [3.05, 3.63) is 62.4 Å². The Balaban J connectivity index is 1.88. The topological polar surface area (TPSA) is 139 Å². The second-order valence-corrected chi connectivity index (χ2v) is 8.63. The van der Waals surface area contributed by atoms with Gasteiger partial charge in [-0.2, -0.15) is 0 Å². The maximum absolute atomic E-state index is 12.6. The van der Waals surface area contributed by atoms with Crippen molar-refractivity contribution in [2.24, 2.45) is 0 Å². The molecule has 1 aliphatic heterocycles. The number of aromatic nitrogens is 2. The van der Waals surface area contributed by atoms with Crippen molar-refractivity contribution < 1.29 is 23.4 Å². The van der Waals surface area contributed by atoms with Crippen molar-refractivity contribution in [3.63, 3.8) is 0 Å². The summed E-state index contributed by atoms with van der Waals surface area (Å²) < 4.78 is 31.8. The lowest BCUT2D eigenvalue weighted by Gasteiger charge is -2.21. The van der Waals surface area contributed by atoms with Crippen LogP contribution in [0.1, 0.15) is 23.8 Å². The molecule has 0 amide bonds. The molecule has 27 heavy (non-hydrogen) atoms. The lowest BCUT2D eigenvalue weighted by molar-refractivity contribution is -0.0588. The van der Waals surface area contributed by atoms with E-state index in [9.17, 15) is 28.2 Å². The Morgan fingerprint density at radius 2 is 1.85 bits per heavy atom. The monoisotopic (exact) mass is 396 g/mol. The van der Waals surface area contributed by atoms with Crippen molar-refractivity contribution >= 4 is 9.84 Å². The molecule has 1 aliphatic rings. The number of benzene rings is 1. The molecule has 3 rings (SSSR count). The van der Waals surface area contributed by atoms with Gasteiger partial charge in [0.15, 0.2) is 5.44 Å². The Morgan fingerprint density at radius 3 is 2.48 bits per heavy atom. The van der Waals surface area contributed by atoms with Crippen LogP contribution < -0.4 is 11.2 Å². The second kappa shape index (κ2) is 7.04. The van der Waals surface area contributed by atoms with Crippen LogP contribution in [0.5, 0.6) is 0 Å². The number of aromatic amines is 1. The number of rotatable bonds is 4. The summed E-state index contributed by atoms with van der Waals surface area (Å²) in [6.07, 6.45) is -2.63. The number of H-pyrrole nitrogens is 1. The fourth-order valence-corrected chi connectivity index (χ4v) is 4.34. The summed E-state index contributed by atoms with van der Waals surface area (Å²) in [4.78, 5) is 25.5. The van der Waals surface area contributed by atoms with E-state index in [4.69, 9.17) is 4.74 Å². The smallest absolute Gasteiger partial charge is 0.330 e. The zero-order valence-electron chi connectivity index (χ0n) is 14.7. The summed E-state index contributed by atoms with van der Waals surface area (Å²) in [5.41, 5.74) is -2.20. The third kappa shape index (κ3) is 3.61. The molecule has 2 aromatic rings. The van der Waals surface area contributed by atoms with E-state index in [2.05, 4.69) is 4.98 Å². The van der Waals surface area contributed by atoms with Gasteiger partial charge >= 0.3 is 5.69 Å².